The van der Waals surface area contributed by atoms with Gasteiger partial charge in [0.25, 0.3) is 5.91 Å². The zero-order chi connectivity index (χ0) is 12.2. The molecular weight excluding hydrogens is 218 g/mol. The monoisotopic (exact) mass is 236 g/mol. The molecule has 1 rings (SSSR count). The van der Waals surface area contributed by atoms with Crippen molar-refractivity contribution in [1.29, 1.82) is 0 Å². The maximum absolute atomic E-state index is 12.7. The Morgan fingerprint density at radius 3 is 2.50 bits per heavy atom. The predicted molar refractivity (Wildman–Crippen MR) is 55.5 cm³/mol. The molecule has 1 fully saturated rings. The van der Waals surface area contributed by atoms with Gasteiger partial charge in [-0.25, -0.2) is 0 Å². The number of nitrogens with zero attached hydrogens (tertiary/aromatic N) is 2. The number of hydrogen-bond donors (Lipinski definition) is 0. The molecule has 6 heteroatoms. The summed E-state index contributed by atoms with van der Waals surface area (Å²) in [6.07, 6.45) is 0. The van der Waals surface area contributed by atoms with Crippen LogP contribution in [0, 0.1) is 0 Å². The van der Waals surface area contributed by atoms with Crippen molar-refractivity contribution in [1.82, 2.24) is 9.80 Å². The number of rotatable bonds is 4. The van der Waals surface area contributed by atoms with Gasteiger partial charge < -0.3 is 9.64 Å². The number of carbonyl (C=O) groups is 1. The molecule has 0 aromatic heterocycles. The molecular formula is C10H18F2N2O2. The Balaban J connectivity index is 2.28. The van der Waals surface area contributed by atoms with Crippen LogP contribution in [0.4, 0.5) is 8.78 Å². The molecule has 0 unspecified atom stereocenters. The summed E-state index contributed by atoms with van der Waals surface area (Å²) in [4.78, 5) is 14.3. The number of ether oxygens (including phenoxy) is 1. The predicted octanol–water partition coefficient (Wildman–Crippen LogP) is 0.432. The summed E-state index contributed by atoms with van der Waals surface area (Å²) < 4.78 is 30.6. The van der Waals surface area contributed by atoms with Crippen molar-refractivity contribution in [2.24, 2.45) is 0 Å². The van der Waals surface area contributed by atoms with Gasteiger partial charge in [0.15, 0.2) is 0 Å². The van der Waals surface area contributed by atoms with E-state index in [0.29, 0.717) is 33.2 Å². The van der Waals surface area contributed by atoms with Gasteiger partial charge in [-0.05, 0) is 0 Å². The molecule has 0 aromatic rings. The summed E-state index contributed by atoms with van der Waals surface area (Å²) >= 11 is 0. The largest absolute Gasteiger partial charge is 0.379 e. The molecule has 0 atom stereocenters. The second-order valence-corrected chi connectivity index (χ2v) is 4.07. The van der Waals surface area contributed by atoms with Crippen molar-refractivity contribution in [3.63, 3.8) is 0 Å². The second kappa shape index (κ2) is 5.54. The Kier molecular flexibility index (Phi) is 4.61. The van der Waals surface area contributed by atoms with Crippen LogP contribution in [0.25, 0.3) is 0 Å². The number of alkyl halides is 2. The van der Waals surface area contributed by atoms with E-state index in [9.17, 15) is 13.6 Å². The lowest BCUT2D eigenvalue weighted by Crippen LogP contribution is -2.45. The van der Waals surface area contributed by atoms with Gasteiger partial charge in [-0.2, -0.15) is 8.78 Å². The van der Waals surface area contributed by atoms with Gasteiger partial charge in [0, 0.05) is 40.2 Å². The molecule has 0 aromatic carbocycles. The Labute approximate surface area is 94.1 Å². The van der Waals surface area contributed by atoms with Crippen LogP contribution in [0.2, 0.25) is 0 Å². The van der Waals surface area contributed by atoms with Crippen molar-refractivity contribution < 1.29 is 18.3 Å². The number of likely N-dealkylation sites (N-methyl/N-ethyl adjacent to an activating group) is 1. The van der Waals surface area contributed by atoms with E-state index in [1.807, 2.05) is 0 Å². The summed E-state index contributed by atoms with van der Waals surface area (Å²) in [5.74, 6) is -4.40. The summed E-state index contributed by atoms with van der Waals surface area (Å²) in [5.41, 5.74) is 0. The van der Waals surface area contributed by atoms with Gasteiger partial charge in [-0.3, -0.25) is 9.69 Å². The van der Waals surface area contributed by atoms with Crippen molar-refractivity contribution in [2.45, 2.75) is 12.8 Å². The summed E-state index contributed by atoms with van der Waals surface area (Å²) in [6.45, 7) is 4.49. The van der Waals surface area contributed by atoms with Gasteiger partial charge in [0.2, 0.25) is 0 Å². The minimum absolute atomic E-state index is 0.322. The molecule has 0 radical (unpaired) electrons. The Morgan fingerprint density at radius 2 is 2.00 bits per heavy atom. The van der Waals surface area contributed by atoms with Crippen molar-refractivity contribution >= 4 is 5.91 Å². The van der Waals surface area contributed by atoms with Crippen molar-refractivity contribution in [3.05, 3.63) is 0 Å². The lowest BCUT2D eigenvalue weighted by molar-refractivity contribution is -0.153. The maximum atomic E-state index is 12.7. The Bertz CT molecular complexity index is 237. The Hall–Kier alpha value is -0.750. The molecule has 0 N–H and O–H groups in total. The van der Waals surface area contributed by atoms with Crippen LogP contribution in [-0.4, -0.2) is 68.1 Å². The van der Waals surface area contributed by atoms with E-state index in [4.69, 9.17) is 4.74 Å². The highest BCUT2D eigenvalue weighted by Gasteiger charge is 2.34. The highest BCUT2D eigenvalue weighted by atomic mass is 19.3. The van der Waals surface area contributed by atoms with Crippen LogP contribution in [0.1, 0.15) is 6.92 Å². The minimum atomic E-state index is -3.28. The zero-order valence-electron chi connectivity index (χ0n) is 9.71. The van der Waals surface area contributed by atoms with E-state index in [1.54, 1.807) is 0 Å². The molecule has 4 nitrogen and oxygen atoms in total. The number of carbonyl (C=O) groups excluding carboxylic acids is 1. The second-order valence-electron chi connectivity index (χ2n) is 4.07. The number of halogens is 2. The zero-order valence-corrected chi connectivity index (χ0v) is 9.71. The van der Waals surface area contributed by atoms with Gasteiger partial charge in [-0.15, -0.1) is 0 Å². The molecule has 16 heavy (non-hydrogen) atoms. The third-order valence-corrected chi connectivity index (χ3v) is 2.58. The summed E-state index contributed by atoms with van der Waals surface area (Å²) in [5, 5.41) is 0. The molecule has 94 valence electrons. The van der Waals surface area contributed by atoms with Crippen molar-refractivity contribution in [2.75, 3.05) is 46.4 Å². The average Bonchev–Trinajstić information content (AvgIpc) is 2.25. The molecule has 1 saturated heterocycles. The topological polar surface area (TPSA) is 32.8 Å². The van der Waals surface area contributed by atoms with Crippen molar-refractivity contribution in [3.8, 4) is 0 Å². The fourth-order valence-corrected chi connectivity index (χ4v) is 1.55. The van der Waals surface area contributed by atoms with Gasteiger partial charge in [0.1, 0.15) is 0 Å². The van der Waals surface area contributed by atoms with E-state index >= 15 is 0 Å². The van der Waals surface area contributed by atoms with E-state index in [1.165, 1.54) is 7.05 Å². The Morgan fingerprint density at radius 1 is 1.44 bits per heavy atom. The third-order valence-electron chi connectivity index (χ3n) is 2.58. The SMILES string of the molecule is CN(CCN1CCOCC1)C(=O)C(C)(F)F. The lowest BCUT2D eigenvalue weighted by Gasteiger charge is -2.29. The first-order chi connectivity index (χ1) is 7.41. The first-order valence-corrected chi connectivity index (χ1v) is 5.35. The van der Waals surface area contributed by atoms with Gasteiger partial charge >= 0.3 is 5.92 Å². The summed E-state index contributed by atoms with van der Waals surface area (Å²) in [7, 11) is 1.40. The van der Waals surface area contributed by atoms with E-state index in [2.05, 4.69) is 4.90 Å². The normalized spacial score (nSPS) is 18.5. The average molecular weight is 236 g/mol. The van der Waals surface area contributed by atoms with Gasteiger partial charge in [-0.1, -0.05) is 0 Å². The first-order valence-electron chi connectivity index (χ1n) is 5.35. The quantitative estimate of drug-likeness (QED) is 0.709. The minimum Gasteiger partial charge on any atom is -0.379 e. The smallest absolute Gasteiger partial charge is 0.322 e. The number of morpholine rings is 1. The number of amides is 1. The number of hydrogen-bond acceptors (Lipinski definition) is 3. The summed E-state index contributed by atoms with van der Waals surface area (Å²) in [6, 6.07) is 0. The molecule has 1 aliphatic rings. The maximum Gasteiger partial charge on any atom is 0.322 e. The molecule has 0 spiro atoms. The molecule has 1 heterocycles. The molecule has 0 bridgehead atoms. The standard InChI is InChI=1S/C10H18F2N2O2/c1-10(11,12)9(15)13(2)3-4-14-5-7-16-8-6-14/h3-8H2,1-2H3. The van der Waals surface area contributed by atoms with Gasteiger partial charge in [0.05, 0.1) is 13.2 Å². The first kappa shape index (κ1) is 13.3. The highest BCUT2D eigenvalue weighted by molar-refractivity contribution is 5.82. The highest BCUT2D eigenvalue weighted by Crippen LogP contribution is 2.14. The van der Waals surface area contributed by atoms with Crippen LogP contribution in [0.15, 0.2) is 0 Å². The molecule has 0 aliphatic carbocycles. The van der Waals surface area contributed by atoms with Crippen LogP contribution >= 0.6 is 0 Å². The lowest BCUT2D eigenvalue weighted by atomic mass is 10.3. The van der Waals surface area contributed by atoms with E-state index < -0.39 is 11.8 Å². The van der Waals surface area contributed by atoms with E-state index in [-0.39, 0.29) is 0 Å². The third kappa shape index (κ3) is 4.02. The van der Waals surface area contributed by atoms with Crippen LogP contribution in [0.5, 0.6) is 0 Å². The fraction of sp³-hybridized carbons (Fsp3) is 0.900. The fourth-order valence-electron chi connectivity index (χ4n) is 1.55. The van der Waals surface area contributed by atoms with Crippen LogP contribution < -0.4 is 0 Å². The molecule has 1 aliphatic heterocycles. The molecule has 0 saturated carbocycles. The van der Waals surface area contributed by atoms with Crippen LogP contribution in [0.3, 0.4) is 0 Å². The van der Waals surface area contributed by atoms with E-state index in [0.717, 1.165) is 18.0 Å². The molecule has 1 amide bonds. The van der Waals surface area contributed by atoms with Crippen LogP contribution in [-0.2, 0) is 9.53 Å².